The molecule has 3 rings (SSSR count). The first-order chi connectivity index (χ1) is 12.1. The minimum Gasteiger partial charge on any atom is -0.457 e. The second-order valence-electron chi connectivity index (χ2n) is 6.88. The Kier molecular flexibility index (Phi) is 5.71. The monoisotopic (exact) mass is 338 g/mol. The van der Waals surface area contributed by atoms with Crippen LogP contribution in [-0.2, 0) is 11.3 Å². The van der Waals surface area contributed by atoms with Crippen molar-refractivity contribution >= 4 is 5.91 Å². The van der Waals surface area contributed by atoms with Crippen molar-refractivity contribution in [1.29, 1.82) is 0 Å². The van der Waals surface area contributed by atoms with Crippen molar-refractivity contribution in [3.8, 4) is 11.5 Å². The van der Waals surface area contributed by atoms with Crippen molar-refractivity contribution in [2.24, 2.45) is 11.7 Å². The largest absolute Gasteiger partial charge is 0.457 e. The predicted octanol–water partition coefficient (Wildman–Crippen LogP) is 3.95. The van der Waals surface area contributed by atoms with E-state index >= 15 is 0 Å². The number of carbonyl (C=O) groups is 1. The molecular weight excluding hydrogens is 312 g/mol. The molecule has 1 aliphatic rings. The first-order valence-electron chi connectivity index (χ1n) is 8.94. The lowest BCUT2D eigenvalue weighted by Gasteiger charge is -2.29. The summed E-state index contributed by atoms with van der Waals surface area (Å²) >= 11 is 0. The number of nitrogens with zero attached hydrogens (tertiary/aromatic N) is 1. The molecule has 1 aliphatic carbocycles. The molecule has 0 bridgehead atoms. The second-order valence-corrected chi connectivity index (χ2v) is 6.88. The Balaban J connectivity index is 1.56. The van der Waals surface area contributed by atoms with Gasteiger partial charge in [0.05, 0.1) is 0 Å². The van der Waals surface area contributed by atoms with Gasteiger partial charge in [-0.15, -0.1) is 0 Å². The molecule has 0 aliphatic heterocycles. The van der Waals surface area contributed by atoms with Crippen LogP contribution in [-0.4, -0.2) is 23.9 Å². The Morgan fingerprint density at radius 3 is 2.44 bits per heavy atom. The minimum absolute atomic E-state index is 0.0782. The third kappa shape index (κ3) is 4.83. The molecule has 2 aromatic rings. The third-order valence-corrected chi connectivity index (χ3v) is 4.76. The van der Waals surface area contributed by atoms with Gasteiger partial charge in [0, 0.05) is 25.6 Å². The van der Waals surface area contributed by atoms with E-state index in [1.807, 2.05) is 66.5 Å². The van der Waals surface area contributed by atoms with Gasteiger partial charge in [-0.1, -0.05) is 36.8 Å². The predicted molar refractivity (Wildman–Crippen MR) is 99.4 cm³/mol. The van der Waals surface area contributed by atoms with Crippen molar-refractivity contribution in [2.45, 2.75) is 38.3 Å². The van der Waals surface area contributed by atoms with E-state index < -0.39 is 0 Å². The van der Waals surface area contributed by atoms with E-state index in [0.29, 0.717) is 6.54 Å². The number of nitrogens with two attached hydrogens (primary N) is 1. The van der Waals surface area contributed by atoms with Gasteiger partial charge in [-0.25, -0.2) is 0 Å². The normalized spacial score (nSPS) is 20.1. The first-order valence-corrected chi connectivity index (χ1v) is 8.94. The van der Waals surface area contributed by atoms with Crippen LogP contribution in [0, 0.1) is 5.92 Å². The Morgan fingerprint density at radius 1 is 1.08 bits per heavy atom. The fourth-order valence-electron chi connectivity index (χ4n) is 3.40. The standard InChI is InChI=1S/C21H26N2O2/c1-23(21(24)17-6-5-7-18(22)14-17)15-16-10-12-20(13-11-16)25-19-8-3-2-4-9-19/h2-4,8-13,17-18H,5-7,14-15,22H2,1H3/t17-,18+/m1/s1. The summed E-state index contributed by atoms with van der Waals surface area (Å²) in [5.41, 5.74) is 7.10. The smallest absolute Gasteiger partial charge is 0.225 e. The number of hydrogen-bond acceptors (Lipinski definition) is 3. The van der Waals surface area contributed by atoms with Crippen LogP contribution in [0.3, 0.4) is 0 Å². The minimum atomic E-state index is 0.0782. The highest BCUT2D eigenvalue weighted by atomic mass is 16.5. The molecule has 25 heavy (non-hydrogen) atoms. The van der Waals surface area contributed by atoms with Crippen molar-refractivity contribution in [2.75, 3.05) is 7.05 Å². The molecule has 0 radical (unpaired) electrons. The molecule has 2 N–H and O–H groups in total. The van der Waals surface area contributed by atoms with E-state index in [1.165, 1.54) is 0 Å². The summed E-state index contributed by atoms with van der Waals surface area (Å²) in [7, 11) is 1.87. The summed E-state index contributed by atoms with van der Waals surface area (Å²) in [5.74, 6) is 1.90. The van der Waals surface area contributed by atoms with Crippen LogP contribution in [0.5, 0.6) is 11.5 Å². The van der Waals surface area contributed by atoms with Gasteiger partial charge in [0.1, 0.15) is 11.5 Å². The van der Waals surface area contributed by atoms with Crippen LogP contribution in [0.2, 0.25) is 0 Å². The van der Waals surface area contributed by atoms with Crippen molar-refractivity contribution in [3.63, 3.8) is 0 Å². The highest BCUT2D eigenvalue weighted by Crippen LogP contribution is 2.26. The van der Waals surface area contributed by atoms with Crippen LogP contribution < -0.4 is 10.5 Å². The van der Waals surface area contributed by atoms with E-state index in [4.69, 9.17) is 10.5 Å². The van der Waals surface area contributed by atoms with Gasteiger partial charge in [-0.05, 0) is 49.1 Å². The zero-order valence-corrected chi connectivity index (χ0v) is 14.7. The van der Waals surface area contributed by atoms with E-state index in [9.17, 15) is 4.79 Å². The zero-order valence-electron chi connectivity index (χ0n) is 14.7. The van der Waals surface area contributed by atoms with Crippen LogP contribution in [0.25, 0.3) is 0 Å². The number of carbonyl (C=O) groups excluding carboxylic acids is 1. The first kappa shape index (κ1) is 17.5. The summed E-state index contributed by atoms with van der Waals surface area (Å²) < 4.78 is 5.80. The number of amides is 1. The van der Waals surface area contributed by atoms with E-state index in [-0.39, 0.29) is 17.9 Å². The molecule has 132 valence electrons. The fraction of sp³-hybridized carbons (Fsp3) is 0.381. The Labute approximate surface area is 149 Å². The SMILES string of the molecule is CN(Cc1ccc(Oc2ccccc2)cc1)C(=O)[C@@H]1CCC[C@H](N)C1. The van der Waals surface area contributed by atoms with Gasteiger partial charge in [0.15, 0.2) is 0 Å². The van der Waals surface area contributed by atoms with Crippen molar-refractivity contribution < 1.29 is 9.53 Å². The molecule has 0 spiro atoms. The quantitative estimate of drug-likeness (QED) is 0.898. The van der Waals surface area contributed by atoms with Gasteiger partial charge in [-0.3, -0.25) is 4.79 Å². The van der Waals surface area contributed by atoms with E-state index in [0.717, 1.165) is 42.7 Å². The highest BCUT2D eigenvalue weighted by Gasteiger charge is 2.27. The van der Waals surface area contributed by atoms with E-state index in [2.05, 4.69) is 0 Å². The molecule has 0 saturated heterocycles. The van der Waals surface area contributed by atoms with Gasteiger partial charge in [0.2, 0.25) is 5.91 Å². The lowest BCUT2D eigenvalue weighted by molar-refractivity contribution is -0.135. The van der Waals surface area contributed by atoms with Gasteiger partial charge in [0.25, 0.3) is 0 Å². The van der Waals surface area contributed by atoms with Crippen LogP contribution in [0.15, 0.2) is 54.6 Å². The summed E-state index contributed by atoms with van der Waals surface area (Å²) in [4.78, 5) is 14.4. The van der Waals surface area contributed by atoms with Crippen LogP contribution in [0.1, 0.15) is 31.2 Å². The molecule has 1 saturated carbocycles. The Morgan fingerprint density at radius 2 is 1.76 bits per heavy atom. The molecule has 2 atom stereocenters. The lowest BCUT2D eigenvalue weighted by Crippen LogP contribution is -2.38. The van der Waals surface area contributed by atoms with Crippen molar-refractivity contribution in [3.05, 3.63) is 60.2 Å². The number of benzene rings is 2. The number of ether oxygens (including phenoxy) is 1. The lowest BCUT2D eigenvalue weighted by atomic mass is 9.85. The Bertz CT molecular complexity index is 685. The second kappa shape index (κ2) is 8.17. The average molecular weight is 338 g/mol. The maximum absolute atomic E-state index is 12.6. The summed E-state index contributed by atoms with van der Waals surface area (Å²) in [5, 5.41) is 0. The molecule has 0 heterocycles. The van der Waals surface area contributed by atoms with Crippen molar-refractivity contribution in [1.82, 2.24) is 4.90 Å². The van der Waals surface area contributed by atoms with Gasteiger partial charge < -0.3 is 15.4 Å². The number of rotatable bonds is 5. The molecule has 4 heteroatoms. The maximum Gasteiger partial charge on any atom is 0.225 e. The topological polar surface area (TPSA) is 55.6 Å². The maximum atomic E-state index is 12.6. The van der Waals surface area contributed by atoms with Crippen LogP contribution in [0.4, 0.5) is 0 Å². The zero-order chi connectivity index (χ0) is 17.6. The van der Waals surface area contributed by atoms with E-state index in [1.54, 1.807) is 0 Å². The molecule has 0 aromatic heterocycles. The number of para-hydroxylation sites is 1. The van der Waals surface area contributed by atoms with Crippen LogP contribution >= 0.6 is 0 Å². The van der Waals surface area contributed by atoms with Gasteiger partial charge in [-0.2, -0.15) is 0 Å². The molecule has 1 amide bonds. The third-order valence-electron chi connectivity index (χ3n) is 4.76. The molecule has 1 fully saturated rings. The average Bonchev–Trinajstić information content (AvgIpc) is 2.63. The molecular formula is C21H26N2O2. The Hall–Kier alpha value is -2.33. The number of hydrogen-bond donors (Lipinski definition) is 1. The molecule has 4 nitrogen and oxygen atoms in total. The molecule has 0 unspecified atom stereocenters. The summed E-state index contributed by atoms with van der Waals surface area (Å²) in [6.45, 7) is 0.607. The fourth-order valence-corrected chi connectivity index (χ4v) is 3.40. The molecule has 2 aromatic carbocycles. The summed E-state index contributed by atoms with van der Waals surface area (Å²) in [6.07, 6.45) is 3.86. The van der Waals surface area contributed by atoms with Gasteiger partial charge >= 0.3 is 0 Å². The summed E-state index contributed by atoms with van der Waals surface area (Å²) in [6, 6.07) is 17.8. The highest BCUT2D eigenvalue weighted by molar-refractivity contribution is 5.78.